The first kappa shape index (κ1) is 18.9. The number of likely N-dealkylation sites (tertiary alicyclic amines) is 1. The molecule has 3 rings (SSSR count). The third-order valence-electron chi connectivity index (χ3n) is 4.71. The van der Waals surface area contributed by atoms with Crippen LogP contribution >= 0.6 is 0 Å². The van der Waals surface area contributed by atoms with Crippen molar-refractivity contribution in [3.8, 4) is 11.3 Å². The molecular weight excluding hydrogens is 352 g/mol. The summed E-state index contributed by atoms with van der Waals surface area (Å²) in [7, 11) is 0. The fourth-order valence-electron chi connectivity index (χ4n) is 3.27. The van der Waals surface area contributed by atoms with Crippen molar-refractivity contribution in [1.82, 2.24) is 9.88 Å². The van der Waals surface area contributed by atoms with E-state index < -0.39 is 11.6 Å². The van der Waals surface area contributed by atoms with Gasteiger partial charge in [-0.1, -0.05) is 6.07 Å². The third kappa shape index (κ3) is 5.09. The average Bonchev–Trinajstić information content (AvgIpc) is 2.61. The largest absolute Gasteiger partial charge is 0.343 e. The highest BCUT2D eigenvalue weighted by Crippen LogP contribution is 2.23. The van der Waals surface area contributed by atoms with Crippen LogP contribution in [0.3, 0.4) is 0 Å². The minimum Gasteiger partial charge on any atom is -0.343 e. The Kier molecular flexibility index (Phi) is 5.78. The second-order valence-corrected chi connectivity index (χ2v) is 6.77. The van der Waals surface area contributed by atoms with Crippen molar-refractivity contribution in [2.45, 2.75) is 26.2 Å². The van der Waals surface area contributed by atoms with E-state index >= 15 is 0 Å². The van der Waals surface area contributed by atoms with Gasteiger partial charge in [-0.05, 0) is 43.0 Å². The zero-order valence-electron chi connectivity index (χ0n) is 15.0. The van der Waals surface area contributed by atoms with Crippen LogP contribution in [0.25, 0.3) is 11.3 Å². The number of piperidine rings is 1. The van der Waals surface area contributed by atoms with Gasteiger partial charge in [0.15, 0.2) is 0 Å². The lowest BCUT2D eigenvalue weighted by atomic mass is 9.93. The Balaban J connectivity index is 1.61. The molecule has 0 spiro atoms. The van der Waals surface area contributed by atoms with Crippen molar-refractivity contribution >= 4 is 17.6 Å². The highest BCUT2D eigenvalue weighted by molar-refractivity contribution is 5.90. The normalized spacial score (nSPS) is 14.9. The fraction of sp³-hybridized carbons (Fsp3) is 0.350. The number of carbonyl (C=O) groups is 2. The number of halogens is 2. The topological polar surface area (TPSA) is 62.3 Å². The van der Waals surface area contributed by atoms with E-state index in [9.17, 15) is 18.4 Å². The average molecular weight is 373 g/mol. The summed E-state index contributed by atoms with van der Waals surface area (Å²) < 4.78 is 26.8. The molecule has 0 aliphatic carbocycles. The highest BCUT2D eigenvalue weighted by Gasteiger charge is 2.22. The standard InChI is InChI=1S/C20H21F2N3O2/c1-13(26)25-7-5-14(6-8-25)9-20(27)24-19-4-2-3-18(23-19)15-10-16(21)12-17(22)11-15/h2-4,10-12,14H,5-9H2,1H3,(H,23,24,27). The molecule has 7 heteroatoms. The van der Waals surface area contributed by atoms with Gasteiger partial charge in [0.1, 0.15) is 17.5 Å². The summed E-state index contributed by atoms with van der Waals surface area (Å²) in [6, 6.07) is 8.12. The molecule has 0 atom stereocenters. The molecule has 1 N–H and O–H groups in total. The van der Waals surface area contributed by atoms with E-state index in [1.807, 2.05) is 0 Å². The Morgan fingerprint density at radius 2 is 1.81 bits per heavy atom. The van der Waals surface area contributed by atoms with Crippen LogP contribution in [0.2, 0.25) is 0 Å². The number of nitrogens with zero attached hydrogens (tertiary/aromatic N) is 2. The number of aromatic nitrogens is 1. The fourth-order valence-corrected chi connectivity index (χ4v) is 3.27. The number of amides is 2. The summed E-state index contributed by atoms with van der Waals surface area (Å²) in [6.07, 6.45) is 1.94. The number of rotatable bonds is 4. The summed E-state index contributed by atoms with van der Waals surface area (Å²) in [5, 5.41) is 2.74. The first-order valence-electron chi connectivity index (χ1n) is 8.89. The third-order valence-corrected chi connectivity index (χ3v) is 4.71. The number of carbonyl (C=O) groups excluding carboxylic acids is 2. The van der Waals surface area contributed by atoms with Crippen molar-refractivity contribution in [2.24, 2.45) is 5.92 Å². The van der Waals surface area contributed by atoms with Crippen LogP contribution < -0.4 is 5.32 Å². The van der Waals surface area contributed by atoms with E-state index in [1.165, 1.54) is 12.1 Å². The molecule has 2 aromatic rings. The molecular formula is C20H21F2N3O2. The molecule has 27 heavy (non-hydrogen) atoms. The first-order valence-corrected chi connectivity index (χ1v) is 8.89. The van der Waals surface area contributed by atoms with Gasteiger partial charge in [-0.25, -0.2) is 13.8 Å². The Hall–Kier alpha value is -2.83. The monoisotopic (exact) mass is 373 g/mol. The van der Waals surface area contributed by atoms with Gasteiger partial charge < -0.3 is 10.2 Å². The number of hydrogen-bond acceptors (Lipinski definition) is 3. The van der Waals surface area contributed by atoms with Crippen LogP contribution in [0, 0.1) is 17.6 Å². The second-order valence-electron chi connectivity index (χ2n) is 6.77. The number of pyridine rings is 1. The zero-order chi connectivity index (χ0) is 19.4. The van der Waals surface area contributed by atoms with Crippen molar-refractivity contribution in [1.29, 1.82) is 0 Å². The molecule has 0 saturated carbocycles. The van der Waals surface area contributed by atoms with Crippen molar-refractivity contribution in [3.05, 3.63) is 48.0 Å². The molecule has 2 amide bonds. The molecule has 1 saturated heterocycles. The van der Waals surface area contributed by atoms with Crippen molar-refractivity contribution in [2.75, 3.05) is 18.4 Å². The molecule has 0 bridgehead atoms. The number of nitrogens with one attached hydrogen (secondary N) is 1. The molecule has 1 aromatic carbocycles. The van der Waals surface area contributed by atoms with Gasteiger partial charge in [0, 0.05) is 38.1 Å². The van der Waals surface area contributed by atoms with Crippen LogP contribution in [0.4, 0.5) is 14.6 Å². The second kappa shape index (κ2) is 8.24. The van der Waals surface area contributed by atoms with Gasteiger partial charge in [-0.15, -0.1) is 0 Å². The quantitative estimate of drug-likeness (QED) is 0.891. The Bertz CT molecular complexity index is 829. The minimum absolute atomic E-state index is 0.0627. The number of hydrogen-bond donors (Lipinski definition) is 1. The van der Waals surface area contributed by atoms with Crippen LogP contribution in [-0.4, -0.2) is 34.8 Å². The molecule has 142 valence electrons. The maximum atomic E-state index is 13.4. The summed E-state index contributed by atoms with van der Waals surface area (Å²) in [4.78, 5) is 29.7. The van der Waals surface area contributed by atoms with E-state index in [-0.39, 0.29) is 17.7 Å². The van der Waals surface area contributed by atoms with Gasteiger partial charge in [-0.3, -0.25) is 9.59 Å². The summed E-state index contributed by atoms with van der Waals surface area (Å²) in [6.45, 7) is 2.90. The highest BCUT2D eigenvalue weighted by atomic mass is 19.1. The SMILES string of the molecule is CC(=O)N1CCC(CC(=O)Nc2cccc(-c3cc(F)cc(F)c3)n2)CC1. The molecule has 1 fully saturated rings. The maximum Gasteiger partial charge on any atom is 0.225 e. The van der Waals surface area contributed by atoms with Gasteiger partial charge in [0.25, 0.3) is 0 Å². The molecule has 1 aliphatic heterocycles. The Morgan fingerprint density at radius 1 is 1.15 bits per heavy atom. The predicted octanol–water partition coefficient (Wildman–Crippen LogP) is 3.61. The summed E-state index contributed by atoms with van der Waals surface area (Å²) in [5.41, 5.74) is 0.682. The number of anilines is 1. The molecule has 2 heterocycles. The van der Waals surface area contributed by atoms with Gasteiger partial charge in [0.05, 0.1) is 5.69 Å². The lowest BCUT2D eigenvalue weighted by Gasteiger charge is -2.30. The zero-order valence-corrected chi connectivity index (χ0v) is 15.0. The van der Waals surface area contributed by atoms with E-state index in [4.69, 9.17) is 0 Å². The summed E-state index contributed by atoms with van der Waals surface area (Å²) in [5.74, 6) is -0.903. The van der Waals surface area contributed by atoms with E-state index in [2.05, 4.69) is 10.3 Å². The van der Waals surface area contributed by atoms with E-state index in [0.717, 1.165) is 18.9 Å². The first-order chi connectivity index (χ1) is 12.9. The lowest BCUT2D eigenvalue weighted by molar-refractivity contribution is -0.130. The van der Waals surface area contributed by atoms with Gasteiger partial charge >= 0.3 is 0 Å². The minimum atomic E-state index is -0.682. The van der Waals surface area contributed by atoms with Crippen LogP contribution in [-0.2, 0) is 9.59 Å². The number of benzene rings is 1. The molecule has 0 unspecified atom stereocenters. The molecule has 1 aromatic heterocycles. The Labute approximate surface area is 156 Å². The predicted molar refractivity (Wildman–Crippen MR) is 97.8 cm³/mol. The van der Waals surface area contributed by atoms with Gasteiger partial charge in [-0.2, -0.15) is 0 Å². The van der Waals surface area contributed by atoms with Crippen LogP contribution in [0.5, 0.6) is 0 Å². The summed E-state index contributed by atoms with van der Waals surface area (Å²) >= 11 is 0. The smallest absolute Gasteiger partial charge is 0.225 e. The molecule has 5 nitrogen and oxygen atoms in total. The maximum absolute atomic E-state index is 13.4. The van der Waals surface area contributed by atoms with E-state index in [1.54, 1.807) is 30.0 Å². The van der Waals surface area contributed by atoms with Crippen LogP contribution in [0.15, 0.2) is 36.4 Å². The van der Waals surface area contributed by atoms with E-state index in [0.29, 0.717) is 36.6 Å². The van der Waals surface area contributed by atoms with Gasteiger partial charge in [0.2, 0.25) is 11.8 Å². The Morgan fingerprint density at radius 3 is 2.44 bits per heavy atom. The molecule has 1 aliphatic rings. The molecule has 0 radical (unpaired) electrons. The van der Waals surface area contributed by atoms with Crippen molar-refractivity contribution < 1.29 is 18.4 Å². The van der Waals surface area contributed by atoms with Crippen LogP contribution in [0.1, 0.15) is 26.2 Å². The lowest BCUT2D eigenvalue weighted by Crippen LogP contribution is -2.37. The van der Waals surface area contributed by atoms with Crippen molar-refractivity contribution in [3.63, 3.8) is 0 Å².